The molecule has 4 heteroatoms. The Morgan fingerprint density at radius 3 is 1.88 bits per heavy atom. The van der Waals surface area contributed by atoms with Gasteiger partial charge in [-0.3, -0.25) is 4.79 Å². The molecule has 0 aromatic rings. The zero-order chi connectivity index (χ0) is 6.57. The van der Waals surface area contributed by atoms with Crippen molar-refractivity contribution in [3.05, 3.63) is 0 Å². The fraction of sp³-hybridized carbons (Fsp3) is 0.250. The number of rotatable bonds is 1. The van der Waals surface area contributed by atoms with Gasteiger partial charge in [-0.25, -0.2) is 0 Å². The van der Waals surface area contributed by atoms with Crippen molar-refractivity contribution in [1.82, 2.24) is 0 Å². The fourth-order valence-electron chi connectivity index (χ4n) is 0.163. The third-order valence-corrected chi connectivity index (χ3v) is 1.54. The molecule has 0 fully saturated rings. The maximum absolute atomic E-state index is 10.2. The van der Waals surface area contributed by atoms with E-state index >= 15 is 0 Å². The summed E-state index contributed by atoms with van der Waals surface area (Å²) >= 11 is 0. The van der Waals surface area contributed by atoms with Gasteiger partial charge in [0.15, 0.2) is 13.4 Å². The Morgan fingerprint density at radius 1 is 1.50 bits per heavy atom. The molecule has 3 nitrogen and oxygen atoms in total. The van der Waals surface area contributed by atoms with Gasteiger partial charge in [-0.05, 0) is 0 Å². The monoisotopic (exact) mass is 126 g/mol. The van der Waals surface area contributed by atoms with E-state index in [-0.39, 0.29) is 5.52 Å². The van der Waals surface area contributed by atoms with Crippen molar-refractivity contribution in [2.45, 2.75) is 6.92 Å². The molecular weight excluding hydrogens is 123 g/mol. The fourth-order valence-corrected chi connectivity index (χ4v) is 0.490. The molecule has 0 aromatic heterocycles. The summed E-state index contributed by atoms with van der Waals surface area (Å²) in [5, 5.41) is 16.1. The Hall–Kier alpha value is -0.920. The maximum atomic E-state index is 10.2. The second-order valence-corrected chi connectivity index (χ2v) is 2.76. The molecule has 0 aliphatic rings. The molecule has 0 aromatic carbocycles. The van der Waals surface area contributed by atoms with E-state index in [1.165, 1.54) is 6.92 Å². The Balaban J connectivity index is 4.02. The van der Waals surface area contributed by atoms with Crippen molar-refractivity contribution in [3.63, 3.8) is 0 Å². The zero-order valence-electron chi connectivity index (χ0n) is 4.25. The lowest BCUT2D eigenvalue weighted by molar-refractivity contribution is -0.109. The van der Waals surface area contributed by atoms with Gasteiger partial charge < -0.3 is 0 Å². The summed E-state index contributed by atoms with van der Waals surface area (Å²) in [6.45, 7) is 1.25. The topological polar surface area (TPSA) is 64.7 Å². The molecule has 0 radical (unpaired) electrons. The molecule has 0 atom stereocenters. The van der Waals surface area contributed by atoms with Gasteiger partial charge in [-0.2, -0.15) is 10.5 Å². The van der Waals surface area contributed by atoms with Crippen LogP contribution in [0.5, 0.6) is 0 Å². The van der Waals surface area contributed by atoms with Gasteiger partial charge in [-0.1, -0.05) is 0 Å². The predicted molar refractivity (Wildman–Crippen MR) is 28.8 cm³/mol. The van der Waals surface area contributed by atoms with Crippen molar-refractivity contribution in [3.8, 4) is 11.6 Å². The molecule has 0 amide bonds. The number of nitrogens with zero attached hydrogens (tertiary/aromatic N) is 2. The molecule has 0 aliphatic carbocycles. The number of hydrogen-bond acceptors (Lipinski definition) is 3. The van der Waals surface area contributed by atoms with E-state index in [0.29, 0.717) is 0 Å². The predicted octanol–water partition coefficient (Wildman–Crippen LogP) is 0.977. The first-order valence-corrected chi connectivity index (χ1v) is 3.16. The molecule has 8 heavy (non-hydrogen) atoms. The molecule has 0 saturated heterocycles. The van der Waals surface area contributed by atoms with E-state index in [1.54, 1.807) is 11.6 Å². The molecule has 0 saturated carbocycles. The highest BCUT2D eigenvalue weighted by Gasteiger charge is 2.09. The number of hydrogen-bond donors (Lipinski definition) is 0. The lowest BCUT2D eigenvalue weighted by atomic mass is 10.9. The Labute approximate surface area is 48.3 Å². The van der Waals surface area contributed by atoms with Gasteiger partial charge in [-0.15, -0.1) is 0 Å². The summed E-state index contributed by atoms with van der Waals surface area (Å²) in [7, 11) is -1.64. The molecular formula is C4H3N2OP. The average molecular weight is 126 g/mol. The van der Waals surface area contributed by atoms with E-state index in [0.717, 1.165) is 0 Å². The van der Waals surface area contributed by atoms with Crippen molar-refractivity contribution < 1.29 is 4.79 Å². The van der Waals surface area contributed by atoms with Crippen LogP contribution in [0.25, 0.3) is 0 Å². The lowest BCUT2D eigenvalue weighted by Crippen LogP contribution is -1.80. The first-order chi connectivity index (χ1) is 3.72. The first-order valence-electron chi connectivity index (χ1n) is 1.82. The summed E-state index contributed by atoms with van der Waals surface area (Å²) < 4.78 is 0. The molecule has 0 N–H and O–H groups in total. The summed E-state index contributed by atoms with van der Waals surface area (Å²) in [6.07, 6.45) is 0. The molecule has 0 heterocycles. The lowest BCUT2D eigenvalue weighted by Gasteiger charge is -1.84. The third kappa shape index (κ3) is 1.69. The van der Waals surface area contributed by atoms with E-state index in [4.69, 9.17) is 10.5 Å². The largest absolute Gasteiger partial charge is 0.293 e. The number of carbonyl (C=O) groups excluding carboxylic acids is 1. The van der Waals surface area contributed by atoms with Crippen molar-refractivity contribution in [2.75, 3.05) is 0 Å². The first kappa shape index (κ1) is 7.08. The van der Waals surface area contributed by atoms with Crippen LogP contribution < -0.4 is 0 Å². The molecule has 0 rings (SSSR count). The van der Waals surface area contributed by atoms with Crippen LogP contribution in [0.3, 0.4) is 0 Å². The van der Waals surface area contributed by atoms with E-state index < -0.39 is 7.92 Å². The smallest absolute Gasteiger partial charge is 0.180 e. The van der Waals surface area contributed by atoms with Crippen LogP contribution in [-0.2, 0) is 4.79 Å². The molecule has 0 unspecified atom stereocenters. The maximum Gasteiger partial charge on any atom is 0.180 e. The van der Waals surface area contributed by atoms with Crippen LogP contribution >= 0.6 is 7.92 Å². The highest BCUT2D eigenvalue weighted by molar-refractivity contribution is 7.83. The Bertz CT molecular complexity index is 161. The second-order valence-electron chi connectivity index (χ2n) is 1.05. The summed E-state index contributed by atoms with van der Waals surface area (Å²) in [4.78, 5) is 10.2. The highest BCUT2D eigenvalue weighted by Crippen LogP contribution is 2.31. The van der Waals surface area contributed by atoms with Gasteiger partial charge in [0.2, 0.25) is 0 Å². The van der Waals surface area contributed by atoms with Crippen molar-refractivity contribution >= 4 is 13.4 Å². The van der Waals surface area contributed by atoms with Gasteiger partial charge in [0, 0.05) is 6.92 Å². The van der Waals surface area contributed by atoms with Crippen LogP contribution in [0.1, 0.15) is 6.92 Å². The van der Waals surface area contributed by atoms with Crippen LogP contribution in [0, 0.1) is 22.1 Å². The Kier molecular flexibility index (Phi) is 2.77. The van der Waals surface area contributed by atoms with Gasteiger partial charge in [0.1, 0.15) is 11.6 Å². The van der Waals surface area contributed by atoms with E-state index in [2.05, 4.69) is 0 Å². The van der Waals surface area contributed by atoms with Crippen LogP contribution in [0.15, 0.2) is 0 Å². The van der Waals surface area contributed by atoms with Crippen molar-refractivity contribution in [1.29, 1.82) is 10.5 Å². The minimum absolute atomic E-state index is 0.329. The highest BCUT2D eigenvalue weighted by atomic mass is 31.1. The quantitative estimate of drug-likeness (QED) is 0.492. The van der Waals surface area contributed by atoms with Crippen LogP contribution in [0.4, 0.5) is 0 Å². The number of nitriles is 2. The molecule has 40 valence electrons. The molecule has 0 spiro atoms. The zero-order valence-corrected chi connectivity index (χ0v) is 5.14. The van der Waals surface area contributed by atoms with Gasteiger partial charge in [0.05, 0.1) is 0 Å². The van der Waals surface area contributed by atoms with Crippen molar-refractivity contribution in [2.24, 2.45) is 0 Å². The number of carbonyl (C=O) groups is 1. The third-order valence-electron chi connectivity index (χ3n) is 0.515. The molecule has 0 aliphatic heterocycles. The van der Waals surface area contributed by atoms with Crippen LogP contribution in [-0.4, -0.2) is 5.52 Å². The standard InChI is InChI=1S/C4H3N2OP/c1-4(7)8(2-5)3-6/h1H3. The van der Waals surface area contributed by atoms with Crippen LogP contribution in [0.2, 0.25) is 0 Å². The van der Waals surface area contributed by atoms with E-state index in [1.807, 2.05) is 0 Å². The minimum Gasteiger partial charge on any atom is -0.293 e. The van der Waals surface area contributed by atoms with E-state index in [9.17, 15) is 4.79 Å². The summed E-state index contributed by atoms with van der Waals surface area (Å²) in [5.41, 5.74) is -0.329. The minimum atomic E-state index is -1.64. The molecule has 0 bridgehead atoms. The normalized spacial score (nSPS) is 7.50. The average Bonchev–Trinajstić information content (AvgIpc) is 1.69. The SMILES string of the molecule is CC(=O)P(C#N)C#N. The summed E-state index contributed by atoms with van der Waals surface area (Å²) in [5.74, 6) is 3.21. The Morgan fingerprint density at radius 2 is 1.88 bits per heavy atom. The second kappa shape index (κ2) is 3.13. The summed E-state index contributed by atoms with van der Waals surface area (Å²) in [6, 6.07) is 0. The van der Waals surface area contributed by atoms with Gasteiger partial charge >= 0.3 is 0 Å². The van der Waals surface area contributed by atoms with Gasteiger partial charge in [0.25, 0.3) is 0 Å².